The van der Waals surface area contributed by atoms with Crippen molar-refractivity contribution in [3.05, 3.63) is 71.9 Å². The second-order valence-corrected chi connectivity index (χ2v) is 8.24. The van der Waals surface area contributed by atoms with E-state index in [-0.39, 0.29) is 12.0 Å². The molecule has 1 amide bonds. The summed E-state index contributed by atoms with van der Waals surface area (Å²) >= 11 is 0. The largest absolute Gasteiger partial charge is 0.486 e. The van der Waals surface area contributed by atoms with Gasteiger partial charge in [-0.1, -0.05) is 30.3 Å². The number of likely N-dealkylation sites (N-methyl/N-ethyl adjacent to an activating group) is 1. The fourth-order valence-electron chi connectivity index (χ4n) is 4.01. The third-order valence-corrected chi connectivity index (χ3v) is 5.85. The quantitative estimate of drug-likeness (QED) is 0.503. The summed E-state index contributed by atoms with van der Waals surface area (Å²) in [6, 6.07) is 18.0. The molecule has 0 aliphatic carbocycles. The summed E-state index contributed by atoms with van der Waals surface area (Å²) in [5.41, 5.74) is 2.46. The normalized spacial score (nSPS) is 14.4. The Kier molecular flexibility index (Phi) is 7.59. The zero-order valence-corrected chi connectivity index (χ0v) is 20.0. The number of aromatic nitrogens is 2. The number of anilines is 3. The molecule has 178 valence electrons. The summed E-state index contributed by atoms with van der Waals surface area (Å²) in [7, 11) is 3.89. The van der Waals surface area contributed by atoms with Crippen molar-refractivity contribution in [1.29, 1.82) is 0 Å². The monoisotopic (exact) mass is 460 g/mol. The van der Waals surface area contributed by atoms with Crippen LogP contribution in [0.5, 0.6) is 5.75 Å². The molecule has 1 aliphatic heterocycles. The van der Waals surface area contributed by atoms with Crippen molar-refractivity contribution < 1.29 is 9.53 Å². The van der Waals surface area contributed by atoms with Crippen LogP contribution in [0.4, 0.5) is 17.5 Å². The smallest absolute Gasteiger partial charge is 0.263 e. The van der Waals surface area contributed by atoms with E-state index in [1.54, 1.807) is 11.1 Å². The molecule has 0 fully saturated rings. The zero-order valence-electron chi connectivity index (χ0n) is 20.0. The van der Waals surface area contributed by atoms with Crippen molar-refractivity contribution >= 4 is 23.4 Å². The number of benzene rings is 2. The van der Waals surface area contributed by atoms with E-state index in [1.807, 2.05) is 68.4 Å². The number of hydrogen-bond donors (Lipinski definition) is 2. The molecule has 1 atom stereocenters. The molecule has 0 radical (unpaired) electrons. The van der Waals surface area contributed by atoms with Gasteiger partial charge in [-0.15, -0.1) is 0 Å². The molecular formula is C26H32N6O2. The SMILES string of the molecule is CCNc1ncc2c(n1)N(C)CCN(c1ccc(OC(CCNC)c3ccccc3)cc1)C2=O. The van der Waals surface area contributed by atoms with Crippen LogP contribution in [0.15, 0.2) is 60.8 Å². The highest BCUT2D eigenvalue weighted by Gasteiger charge is 2.28. The summed E-state index contributed by atoms with van der Waals surface area (Å²) in [5.74, 6) is 1.84. The molecule has 2 aromatic carbocycles. The zero-order chi connectivity index (χ0) is 23.9. The van der Waals surface area contributed by atoms with Gasteiger partial charge in [0, 0.05) is 45.0 Å². The van der Waals surface area contributed by atoms with E-state index in [2.05, 4.69) is 32.7 Å². The summed E-state index contributed by atoms with van der Waals surface area (Å²) < 4.78 is 6.33. The Morgan fingerprint density at radius 1 is 1.09 bits per heavy atom. The maximum atomic E-state index is 13.4. The van der Waals surface area contributed by atoms with Gasteiger partial charge in [0.1, 0.15) is 23.2 Å². The molecule has 0 saturated carbocycles. The standard InChI is InChI=1S/C26H32N6O2/c1-4-28-26-29-18-22-24(30-26)31(3)16-17-32(25(22)33)20-10-12-21(13-11-20)34-23(14-15-27-2)19-8-6-5-7-9-19/h5-13,18,23,27H,4,14-17H2,1-3H3,(H,28,29,30). The molecule has 0 saturated heterocycles. The number of fused-ring (bicyclic) bond motifs is 1. The number of amides is 1. The first-order valence-electron chi connectivity index (χ1n) is 11.7. The van der Waals surface area contributed by atoms with E-state index < -0.39 is 0 Å². The maximum absolute atomic E-state index is 13.4. The topological polar surface area (TPSA) is 82.6 Å². The van der Waals surface area contributed by atoms with Crippen molar-refractivity contribution in [1.82, 2.24) is 15.3 Å². The molecular weight excluding hydrogens is 428 g/mol. The molecule has 1 aliphatic rings. The van der Waals surface area contributed by atoms with E-state index in [0.717, 1.165) is 36.5 Å². The highest BCUT2D eigenvalue weighted by atomic mass is 16.5. The van der Waals surface area contributed by atoms with Gasteiger partial charge in [0.05, 0.1) is 0 Å². The number of nitrogens with one attached hydrogen (secondary N) is 2. The number of ether oxygens (including phenoxy) is 1. The van der Waals surface area contributed by atoms with Crippen LogP contribution in [-0.4, -0.2) is 56.1 Å². The van der Waals surface area contributed by atoms with Crippen molar-refractivity contribution in [3.63, 3.8) is 0 Å². The molecule has 4 rings (SSSR count). The lowest BCUT2D eigenvalue weighted by molar-refractivity contribution is 0.0989. The van der Waals surface area contributed by atoms with Crippen LogP contribution in [0.1, 0.15) is 35.4 Å². The summed E-state index contributed by atoms with van der Waals surface area (Å²) in [4.78, 5) is 26.0. The third-order valence-electron chi connectivity index (χ3n) is 5.85. The van der Waals surface area contributed by atoms with Crippen LogP contribution in [0.3, 0.4) is 0 Å². The molecule has 2 N–H and O–H groups in total. The lowest BCUT2D eigenvalue weighted by Gasteiger charge is -2.23. The van der Waals surface area contributed by atoms with Crippen LogP contribution < -0.4 is 25.2 Å². The predicted octanol–water partition coefficient (Wildman–Crippen LogP) is 3.73. The molecule has 1 unspecified atom stereocenters. The highest BCUT2D eigenvalue weighted by Crippen LogP contribution is 2.29. The number of carbonyl (C=O) groups excluding carboxylic acids is 1. The first-order chi connectivity index (χ1) is 16.6. The summed E-state index contributed by atoms with van der Waals surface area (Å²) in [6.07, 6.45) is 2.41. The van der Waals surface area contributed by atoms with Gasteiger partial charge in [-0.3, -0.25) is 4.79 Å². The van der Waals surface area contributed by atoms with Crippen LogP contribution in [0, 0.1) is 0 Å². The number of hydrogen-bond acceptors (Lipinski definition) is 7. The molecule has 34 heavy (non-hydrogen) atoms. The molecule has 0 spiro atoms. The van der Waals surface area contributed by atoms with Crippen LogP contribution in [0.25, 0.3) is 0 Å². The van der Waals surface area contributed by atoms with E-state index in [0.29, 0.717) is 30.4 Å². The highest BCUT2D eigenvalue weighted by molar-refractivity contribution is 6.09. The number of carbonyl (C=O) groups is 1. The second-order valence-electron chi connectivity index (χ2n) is 8.24. The van der Waals surface area contributed by atoms with Crippen LogP contribution in [-0.2, 0) is 0 Å². The first-order valence-corrected chi connectivity index (χ1v) is 11.7. The molecule has 2 heterocycles. The van der Waals surface area contributed by atoms with Crippen molar-refractivity contribution in [2.75, 3.05) is 55.4 Å². The van der Waals surface area contributed by atoms with Gasteiger partial charge < -0.3 is 25.2 Å². The van der Waals surface area contributed by atoms with E-state index in [9.17, 15) is 4.79 Å². The van der Waals surface area contributed by atoms with Gasteiger partial charge in [-0.2, -0.15) is 4.98 Å². The Morgan fingerprint density at radius 2 is 1.85 bits per heavy atom. The Balaban J connectivity index is 1.53. The van der Waals surface area contributed by atoms with E-state index >= 15 is 0 Å². The van der Waals surface area contributed by atoms with Gasteiger partial charge in [0.15, 0.2) is 0 Å². The Morgan fingerprint density at radius 3 is 2.56 bits per heavy atom. The number of rotatable bonds is 9. The third kappa shape index (κ3) is 5.28. The summed E-state index contributed by atoms with van der Waals surface area (Å²) in [5, 5.41) is 6.31. The average Bonchev–Trinajstić information content (AvgIpc) is 2.99. The van der Waals surface area contributed by atoms with E-state index in [4.69, 9.17) is 4.74 Å². The Hall–Kier alpha value is -3.65. The van der Waals surface area contributed by atoms with Crippen LogP contribution in [0.2, 0.25) is 0 Å². The minimum Gasteiger partial charge on any atom is -0.486 e. The lowest BCUT2D eigenvalue weighted by Crippen LogP contribution is -2.33. The minimum atomic E-state index is -0.104. The van der Waals surface area contributed by atoms with E-state index in [1.165, 1.54) is 0 Å². The van der Waals surface area contributed by atoms with Gasteiger partial charge >= 0.3 is 0 Å². The Labute approximate surface area is 201 Å². The average molecular weight is 461 g/mol. The van der Waals surface area contributed by atoms with Crippen molar-refractivity contribution in [2.45, 2.75) is 19.4 Å². The second kappa shape index (κ2) is 11.0. The van der Waals surface area contributed by atoms with Crippen molar-refractivity contribution in [2.24, 2.45) is 0 Å². The molecule has 0 bridgehead atoms. The molecule has 8 heteroatoms. The molecule has 3 aromatic rings. The fourth-order valence-corrected chi connectivity index (χ4v) is 4.01. The van der Waals surface area contributed by atoms with Gasteiger partial charge in [0.25, 0.3) is 5.91 Å². The summed E-state index contributed by atoms with van der Waals surface area (Å²) in [6.45, 7) is 4.78. The molecule has 1 aromatic heterocycles. The lowest BCUT2D eigenvalue weighted by atomic mass is 10.1. The Bertz CT molecular complexity index is 1090. The van der Waals surface area contributed by atoms with Crippen molar-refractivity contribution in [3.8, 4) is 5.75 Å². The van der Waals surface area contributed by atoms with Gasteiger partial charge in [0.2, 0.25) is 5.95 Å². The molecule has 8 nitrogen and oxygen atoms in total. The predicted molar refractivity (Wildman–Crippen MR) is 136 cm³/mol. The number of nitrogens with zero attached hydrogens (tertiary/aromatic N) is 4. The minimum absolute atomic E-state index is 0.0529. The maximum Gasteiger partial charge on any atom is 0.263 e. The fraction of sp³-hybridized carbons (Fsp3) is 0.346. The van der Waals surface area contributed by atoms with Gasteiger partial charge in [-0.05, 0) is 50.3 Å². The van der Waals surface area contributed by atoms with Gasteiger partial charge in [-0.25, -0.2) is 4.98 Å². The van der Waals surface area contributed by atoms with Crippen LogP contribution >= 0.6 is 0 Å². The first kappa shape index (κ1) is 23.5.